The zero-order valence-corrected chi connectivity index (χ0v) is 21.8. The molecule has 40 heavy (non-hydrogen) atoms. The number of hydrogen-bond donors (Lipinski definition) is 0. The predicted octanol–water partition coefficient (Wildman–Crippen LogP) is 8.57. The molecule has 8 rings (SSSR count). The minimum atomic E-state index is -0.354. The molecule has 3 aliphatic rings. The van der Waals surface area contributed by atoms with Crippen LogP contribution in [0.15, 0.2) is 140 Å². The van der Waals surface area contributed by atoms with E-state index in [2.05, 4.69) is 121 Å². The van der Waals surface area contributed by atoms with Gasteiger partial charge >= 0.3 is 0 Å². The molecule has 5 aromatic carbocycles. The molecule has 0 radical (unpaired) electrons. The summed E-state index contributed by atoms with van der Waals surface area (Å²) >= 11 is 0. The summed E-state index contributed by atoms with van der Waals surface area (Å²) in [5.41, 5.74) is 11.4. The summed E-state index contributed by atoms with van der Waals surface area (Å²) in [5, 5.41) is 9.23. The Bertz CT molecular complexity index is 1860. The van der Waals surface area contributed by atoms with Gasteiger partial charge in [-0.15, -0.1) is 0 Å². The Labute approximate surface area is 234 Å². The maximum atomic E-state index is 9.23. The molecule has 2 nitrogen and oxygen atoms in total. The van der Waals surface area contributed by atoms with Crippen molar-refractivity contribution in [3.63, 3.8) is 0 Å². The maximum absolute atomic E-state index is 9.23. The largest absolute Gasteiger partial charge is 0.485 e. The van der Waals surface area contributed by atoms with E-state index in [0.29, 0.717) is 5.56 Å². The highest BCUT2D eigenvalue weighted by atomic mass is 16.5. The zero-order valence-electron chi connectivity index (χ0n) is 21.8. The van der Waals surface area contributed by atoms with E-state index < -0.39 is 0 Å². The first-order chi connectivity index (χ1) is 19.8. The average Bonchev–Trinajstić information content (AvgIpc) is 3.32. The molecule has 188 valence electrons. The monoisotopic (exact) mass is 511 g/mol. The fourth-order valence-corrected chi connectivity index (χ4v) is 7.18. The first kappa shape index (κ1) is 22.8. The second-order valence-electron chi connectivity index (χ2n) is 10.7. The minimum Gasteiger partial charge on any atom is -0.485 e. The van der Waals surface area contributed by atoms with Gasteiger partial charge in [0.15, 0.2) is 0 Å². The van der Waals surface area contributed by atoms with Crippen LogP contribution < -0.4 is 4.74 Å². The van der Waals surface area contributed by atoms with Gasteiger partial charge in [0.2, 0.25) is 0 Å². The molecule has 2 aliphatic carbocycles. The Balaban J connectivity index is 1.32. The summed E-state index contributed by atoms with van der Waals surface area (Å²) < 4.78 is 6.94. The van der Waals surface area contributed by atoms with Gasteiger partial charge in [-0.3, -0.25) is 0 Å². The first-order valence-electron chi connectivity index (χ1n) is 13.7. The summed E-state index contributed by atoms with van der Waals surface area (Å²) in [6, 6.07) is 45.0. The number of nitriles is 1. The molecule has 1 aliphatic heterocycles. The highest BCUT2D eigenvalue weighted by Gasteiger charge is 2.56. The number of fused-ring (bicyclic) bond motifs is 9. The third kappa shape index (κ3) is 3.09. The third-order valence-corrected chi connectivity index (χ3v) is 8.83. The van der Waals surface area contributed by atoms with Crippen LogP contribution in [-0.4, -0.2) is 6.10 Å². The Kier molecular flexibility index (Phi) is 4.96. The summed E-state index contributed by atoms with van der Waals surface area (Å²) in [6.07, 6.45) is 6.63. The van der Waals surface area contributed by atoms with Gasteiger partial charge in [0, 0.05) is 17.1 Å². The third-order valence-electron chi connectivity index (χ3n) is 8.83. The van der Waals surface area contributed by atoms with Gasteiger partial charge in [0.05, 0.1) is 17.0 Å². The number of hydrogen-bond acceptors (Lipinski definition) is 2. The second kappa shape index (κ2) is 8.70. The summed E-state index contributed by atoms with van der Waals surface area (Å²) in [5.74, 6) is 1.02. The van der Waals surface area contributed by atoms with E-state index in [1.54, 1.807) is 0 Å². The van der Waals surface area contributed by atoms with E-state index >= 15 is 0 Å². The Morgan fingerprint density at radius 3 is 2.00 bits per heavy atom. The molecule has 5 aromatic rings. The molecule has 2 atom stereocenters. The number of para-hydroxylation sites is 1. The van der Waals surface area contributed by atoms with Gasteiger partial charge in [-0.1, -0.05) is 115 Å². The summed E-state index contributed by atoms with van der Waals surface area (Å²) in [6.45, 7) is 0. The molecule has 2 unspecified atom stereocenters. The average molecular weight is 512 g/mol. The second-order valence-corrected chi connectivity index (χ2v) is 10.7. The lowest BCUT2D eigenvalue weighted by Crippen LogP contribution is -2.48. The fourth-order valence-electron chi connectivity index (χ4n) is 7.18. The predicted molar refractivity (Wildman–Crippen MR) is 160 cm³/mol. The number of nitrogens with zero attached hydrogens (tertiary/aromatic N) is 1. The molecule has 0 aromatic heterocycles. The topological polar surface area (TPSA) is 33.0 Å². The molecule has 0 amide bonds. The van der Waals surface area contributed by atoms with Crippen molar-refractivity contribution < 1.29 is 4.74 Å². The molecule has 0 saturated carbocycles. The molecular weight excluding hydrogens is 486 g/mol. The minimum absolute atomic E-state index is 0.0748. The maximum Gasteiger partial charge on any atom is 0.132 e. The van der Waals surface area contributed by atoms with Crippen molar-refractivity contribution in [2.75, 3.05) is 0 Å². The first-order valence-corrected chi connectivity index (χ1v) is 13.7. The molecule has 0 bridgehead atoms. The van der Waals surface area contributed by atoms with Crippen LogP contribution in [-0.2, 0) is 5.41 Å². The van der Waals surface area contributed by atoms with Crippen molar-refractivity contribution in [2.45, 2.75) is 11.5 Å². The van der Waals surface area contributed by atoms with Gasteiger partial charge in [-0.25, -0.2) is 0 Å². The van der Waals surface area contributed by atoms with Crippen molar-refractivity contribution in [1.29, 1.82) is 5.26 Å². The Morgan fingerprint density at radius 1 is 0.625 bits per heavy atom. The molecular formula is C38H25NO. The number of rotatable bonds is 2. The number of benzene rings is 5. The van der Waals surface area contributed by atoms with Gasteiger partial charge in [0.1, 0.15) is 11.9 Å². The van der Waals surface area contributed by atoms with Crippen LogP contribution in [0.3, 0.4) is 0 Å². The van der Waals surface area contributed by atoms with Crippen molar-refractivity contribution in [2.24, 2.45) is 5.92 Å². The van der Waals surface area contributed by atoms with Crippen LogP contribution in [0.2, 0.25) is 0 Å². The highest BCUT2D eigenvalue weighted by molar-refractivity contribution is 5.87. The van der Waals surface area contributed by atoms with E-state index in [4.69, 9.17) is 4.74 Å². The fraction of sp³-hybridized carbons (Fsp3) is 0.0789. The van der Waals surface area contributed by atoms with Crippen LogP contribution in [0.25, 0.3) is 27.8 Å². The quantitative estimate of drug-likeness (QED) is 0.238. The smallest absolute Gasteiger partial charge is 0.132 e. The van der Waals surface area contributed by atoms with Gasteiger partial charge in [-0.2, -0.15) is 5.26 Å². The SMILES string of the molecule is N#Cc1ccc(-c2cccc(C3=CC=CC4C3Oc3ccccc3C43c4ccccc4-c4ccccc43)c2)cc1. The van der Waals surface area contributed by atoms with E-state index in [-0.39, 0.29) is 17.4 Å². The number of allylic oxidation sites excluding steroid dienone is 2. The standard InChI is InChI=1S/C38H25NO/c39-24-25-19-21-26(22-20-25)27-9-7-10-28(23-27)29-13-8-17-35-37(29)40-36-18-6-5-16-34(36)38(35)32-14-3-1-11-30(32)31-12-2-4-15-33(31)38/h1-23,35,37H. The van der Waals surface area contributed by atoms with E-state index in [1.807, 2.05) is 24.3 Å². The lowest BCUT2D eigenvalue weighted by molar-refractivity contribution is 0.149. The van der Waals surface area contributed by atoms with Crippen molar-refractivity contribution in [3.8, 4) is 34.1 Å². The van der Waals surface area contributed by atoms with E-state index in [0.717, 1.165) is 22.4 Å². The Hall–Kier alpha value is -5.13. The number of ether oxygens (including phenoxy) is 1. The molecule has 1 heterocycles. The molecule has 0 fully saturated rings. The van der Waals surface area contributed by atoms with Crippen LogP contribution in [0.1, 0.15) is 27.8 Å². The van der Waals surface area contributed by atoms with Crippen LogP contribution >= 0.6 is 0 Å². The lowest BCUT2D eigenvalue weighted by Gasteiger charge is -2.48. The van der Waals surface area contributed by atoms with Crippen molar-refractivity contribution in [1.82, 2.24) is 0 Å². The van der Waals surface area contributed by atoms with Crippen molar-refractivity contribution >= 4 is 5.57 Å². The molecule has 2 heteroatoms. The van der Waals surface area contributed by atoms with Gasteiger partial charge in [-0.05, 0) is 63.2 Å². The highest BCUT2D eigenvalue weighted by Crippen LogP contribution is 2.62. The molecule has 0 N–H and O–H groups in total. The Morgan fingerprint density at radius 2 is 1.27 bits per heavy atom. The van der Waals surface area contributed by atoms with Gasteiger partial charge < -0.3 is 4.74 Å². The normalized spacial score (nSPS) is 18.9. The van der Waals surface area contributed by atoms with Gasteiger partial charge in [0.25, 0.3) is 0 Å². The van der Waals surface area contributed by atoms with Crippen LogP contribution in [0.4, 0.5) is 0 Å². The van der Waals surface area contributed by atoms with Crippen molar-refractivity contribution in [3.05, 3.63) is 167 Å². The van der Waals surface area contributed by atoms with Crippen LogP contribution in [0, 0.1) is 17.2 Å². The van der Waals surface area contributed by atoms with E-state index in [9.17, 15) is 5.26 Å². The zero-order chi connectivity index (χ0) is 26.7. The molecule has 0 saturated heterocycles. The van der Waals surface area contributed by atoms with Crippen LogP contribution in [0.5, 0.6) is 5.75 Å². The summed E-state index contributed by atoms with van der Waals surface area (Å²) in [7, 11) is 0. The molecule has 1 spiro atoms. The summed E-state index contributed by atoms with van der Waals surface area (Å²) in [4.78, 5) is 0. The lowest BCUT2D eigenvalue weighted by atomic mass is 9.59. The van der Waals surface area contributed by atoms with E-state index in [1.165, 1.54) is 33.4 Å².